The van der Waals surface area contributed by atoms with Crippen LogP contribution in [0.5, 0.6) is 0 Å². The Labute approximate surface area is 111 Å². The molecule has 7 heteroatoms. The van der Waals surface area contributed by atoms with Crippen LogP contribution in [-0.4, -0.2) is 8.42 Å². The van der Waals surface area contributed by atoms with Crippen LogP contribution in [0, 0.1) is 6.92 Å². The summed E-state index contributed by atoms with van der Waals surface area (Å²) in [5, 5.41) is 8.27. The van der Waals surface area contributed by atoms with Gasteiger partial charge in [0.05, 0.1) is 17.4 Å². The van der Waals surface area contributed by atoms with E-state index in [2.05, 4.69) is 5.32 Å². The molecule has 2 rings (SSSR count). The van der Waals surface area contributed by atoms with Crippen molar-refractivity contribution in [2.45, 2.75) is 18.4 Å². The first kappa shape index (κ1) is 13.4. The third kappa shape index (κ3) is 3.07. The average molecular weight is 281 g/mol. The van der Waals surface area contributed by atoms with Crippen molar-refractivity contribution < 1.29 is 12.8 Å². The van der Waals surface area contributed by atoms with Crippen molar-refractivity contribution in [1.29, 1.82) is 0 Å². The maximum Gasteiger partial charge on any atom is 0.238 e. The fraction of sp³-hybridized carbons (Fsp3) is 0.167. The van der Waals surface area contributed by atoms with Gasteiger partial charge >= 0.3 is 0 Å². The molecule has 0 fully saturated rings. The minimum Gasteiger partial charge on any atom is -0.472 e. The summed E-state index contributed by atoms with van der Waals surface area (Å²) in [7, 11) is -3.79. The van der Waals surface area contributed by atoms with Gasteiger partial charge in [-0.15, -0.1) is 0 Å². The average Bonchev–Trinajstić information content (AvgIpc) is 2.81. The Bertz CT molecular complexity index is 678. The molecule has 0 aliphatic carbocycles. The van der Waals surface area contributed by atoms with Gasteiger partial charge in [0.25, 0.3) is 0 Å². The normalized spacial score (nSPS) is 11.5. The van der Waals surface area contributed by atoms with Gasteiger partial charge in [0.1, 0.15) is 0 Å². The highest BCUT2D eigenvalue weighted by molar-refractivity contribution is 7.89. The standard InChI is InChI=1S/C12H15N3O3S/c1-8-11(15-6-9-2-3-18-7-9)4-10(13)5-12(8)19(14,16)17/h2-5,7,15H,6,13H2,1H3,(H2,14,16,17). The van der Waals surface area contributed by atoms with E-state index in [1.165, 1.54) is 6.07 Å². The lowest BCUT2D eigenvalue weighted by molar-refractivity contribution is 0.564. The lowest BCUT2D eigenvalue weighted by Crippen LogP contribution is -2.15. The zero-order valence-electron chi connectivity index (χ0n) is 10.4. The van der Waals surface area contributed by atoms with Gasteiger partial charge < -0.3 is 15.5 Å². The van der Waals surface area contributed by atoms with Gasteiger partial charge in [-0.3, -0.25) is 0 Å². The smallest absolute Gasteiger partial charge is 0.238 e. The first-order valence-corrected chi connectivity index (χ1v) is 7.10. The fourth-order valence-electron chi connectivity index (χ4n) is 1.78. The topological polar surface area (TPSA) is 111 Å². The van der Waals surface area contributed by atoms with E-state index in [1.807, 2.05) is 6.07 Å². The number of furan rings is 1. The van der Waals surface area contributed by atoms with Crippen LogP contribution in [0.3, 0.4) is 0 Å². The second-order valence-corrected chi connectivity index (χ2v) is 5.75. The van der Waals surface area contributed by atoms with Crippen molar-refractivity contribution in [3.8, 4) is 0 Å². The minimum absolute atomic E-state index is 0.0298. The summed E-state index contributed by atoms with van der Waals surface area (Å²) >= 11 is 0. The largest absolute Gasteiger partial charge is 0.472 e. The van der Waals surface area contributed by atoms with Crippen LogP contribution in [0.25, 0.3) is 0 Å². The minimum atomic E-state index is -3.79. The third-order valence-corrected chi connectivity index (χ3v) is 3.79. The van der Waals surface area contributed by atoms with Crippen LogP contribution in [-0.2, 0) is 16.6 Å². The van der Waals surface area contributed by atoms with E-state index in [-0.39, 0.29) is 4.90 Å². The summed E-state index contributed by atoms with van der Waals surface area (Å²) < 4.78 is 27.9. The van der Waals surface area contributed by atoms with E-state index in [9.17, 15) is 8.42 Å². The summed E-state index contributed by atoms with van der Waals surface area (Å²) in [6.45, 7) is 2.18. The second kappa shape index (κ2) is 4.94. The summed E-state index contributed by atoms with van der Waals surface area (Å²) in [5.41, 5.74) is 8.15. The molecule has 102 valence electrons. The van der Waals surface area contributed by atoms with Crippen molar-refractivity contribution in [1.82, 2.24) is 0 Å². The molecule has 6 nitrogen and oxygen atoms in total. The second-order valence-electron chi connectivity index (χ2n) is 4.22. The number of sulfonamides is 1. The zero-order chi connectivity index (χ0) is 14.0. The van der Waals surface area contributed by atoms with E-state index < -0.39 is 10.0 Å². The van der Waals surface area contributed by atoms with Gasteiger partial charge in [0.15, 0.2) is 0 Å². The van der Waals surface area contributed by atoms with Crippen LogP contribution in [0.4, 0.5) is 11.4 Å². The van der Waals surface area contributed by atoms with Crippen LogP contribution < -0.4 is 16.2 Å². The molecule has 0 amide bonds. The SMILES string of the molecule is Cc1c(NCc2ccoc2)cc(N)cc1S(N)(=O)=O. The maximum absolute atomic E-state index is 11.5. The number of anilines is 2. The molecular weight excluding hydrogens is 266 g/mol. The number of hydrogen-bond acceptors (Lipinski definition) is 5. The van der Waals surface area contributed by atoms with Gasteiger partial charge in [0, 0.05) is 23.5 Å². The predicted molar refractivity (Wildman–Crippen MR) is 73.0 cm³/mol. The lowest BCUT2D eigenvalue weighted by atomic mass is 10.1. The molecule has 0 atom stereocenters. The fourth-order valence-corrected chi connectivity index (χ4v) is 2.62. The van der Waals surface area contributed by atoms with Gasteiger partial charge in [-0.2, -0.15) is 0 Å². The van der Waals surface area contributed by atoms with E-state index in [4.69, 9.17) is 15.3 Å². The molecule has 1 heterocycles. The van der Waals surface area contributed by atoms with E-state index >= 15 is 0 Å². The molecule has 1 aromatic heterocycles. The number of nitrogens with one attached hydrogen (secondary N) is 1. The predicted octanol–water partition coefficient (Wildman–Crippen LogP) is 1.43. The lowest BCUT2D eigenvalue weighted by Gasteiger charge is -2.13. The van der Waals surface area contributed by atoms with E-state index in [0.717, 1.165) is 5.56 Å². The molecule has 5 N–H and O–H groups in total. The summed E-state index contributed by atoms with van der Waals surface area (Å²) in [6, 6.07) is 4.84. The van der Waals surface area contributed by atoms with E-state index in [1.54, 1.807) is 25.5 Å². The monoisotopic (exact) mass is 281 g/mol. The molecule has 0 saturated heterocycles. The van der Waals surface area contributed by atoms with Crippen molar-refractivity contribution in [3.05, 3.63) is 41.9 Å². The highest BCUT2D eigenvalue weighted by atomic mass is 32.2. The molecule has 0 aliphatic rings. The Morgan fingerprint density at radius 2 is 2.11 bits per heavy atom. The van der Waals surface area contributed by atoms with Gasteiger partial charge in [-0.1, -0.05) is 0 Å². The molecule has 2 aromatic rings. The van der Waals surface area contributed by atoms with Gasteiger partial charge in [-0.25, -0.2) is 13.6 Å². The molecule has 0 saturated carbocycles. The molecule has 0 bridgehead atoms. The quantitative estimate of drug-likeness (QED) is 0.734. The maximum atomic E-state index is 11.5. The highest BCUT2D eigenvalue weighted by Crippen LogP contribution is 2.26. The van der Waals surface area contributed by atoms with Crippen molar-refractivity contribution in [2.24, 2.45) is 5.14 Å². The van der Waals surface area contributed by atoms with Crippen LogP contribution in [0.15, 0.2) is 40.0 Å². The molecule has 0 aliphatic heterocycles. The molecule has 1 aromatic carbocycles. The van der Waals surface area contributed by atoms with Gasteiger partial charge in [0.2, 0.25) is 10.0 Å². The Kier molecular flexibility index (Phi) is 3.50. The molecule has 0 unspecified atom stereocenters. The first-order valence-electron chi connectivity index (χ1n) is 5.56. The Balaban J connectivity index is 2.33. The van der Waals surface area contributed by atoms with Crippen molar-refractivity contribution in [2.75, 3.05) is 11.1 Å². The molecule has 19 heavy (non-hydrogen) atoms. The molecule has 0 radical (unpaired) electrons. The zero-order valence-corrected chi connectivity index (χ0v) is 11.2. The van der Waals surface area contributed by atoms with Crippen LogP contribution >= 0.6 is 0 Å². The van der Waals surface area contributed by atoms with E-state index in [0.29, 0.717) is 23.5 Å². The number of nitrogen functional groups attached to an aromatic ring is 1. The molecule has 0 spiro atoms. The van der Waals surface area contributed by atoms with Crippen LogP contribution in [0.2, 0.25) is 0 Å². The Morgan fingerprint density at radius 3 is 2.68 bits per heavy atom. The van der Waals surface area contributed by atoms with Crippen molar-refractivity contribution in [3.63, 3.8) is 0 Å². The van der Waals surface area contributed by atoms with Crippen LogP contribution in [0.1, 0.15) is 11.1 Å². The number of hydrogen-bond donors (Lipinski definition) is 3. The van der Waals surface area contributed by atoms with Gasteiger partial charge in [-0.05, 0) is 30.7 Å². The summed E-state index contributed by atoms with van der Waals surface area (Å²) in [5.74, 6) is 0. The summed E-state index contributed by atoms with van der Waals surface area (Å²) in [4.78, 5) is 0.0298. The number of rotatable bonds is 4. The highest BCUT2D eigenvalue weighted by Gasteiger charge is 2.15. The number of benzene rings is 1. The Hall–Kier alpha value is -1.99. The third-order valence-electron chi connectivity index (χ3n) is 2.75. The number of nitrogens with two attached hydrogens (primary N) is 2. The van der Waals surface area contributed by atoms with Crippen molar-refractivity contribution >= 4 is 21.4 Å². The number of primary sulfonamides is 1. The Morgan fingerprint density at radius 1 is 1.37 bits per heavy atom. The molecular formula is C12H15N3O3S. The first-order chi connectivity index (χ1) is 8.88. The summed E-state index contributed by atoms with van der Waals surface area (Å²) in [6.07, 6.45) is 3.17.